The van der Waals surface area contributed by atoms with Gasteiger partial charge in [0.05, 0.1) is 0 Å². The van der Waals surface area contributed by atoms with Crippen molar-refractivity contribution >= 4 is 28.8 Å². The van der Waals surface area contributed by atoms with Gasteiger partial charge in [0.15, 0.2) is 0 Å². The van der Waals surface area contributed by atoms with Crippen LogP contribution in [0, 0.1) is 11.7 Å². The molecule has 30 heavy (non-hydrogen) atoms. The number of anilines is 1. The second-order valence-corrected chi connectivity index (χ2v) is 9.18. The lowest BCUT2D eigenvalue weighted by Gasteiger charge is -2.37. The molecule has 1 saturated carbocycles. The number of carbonyl (C=O) groups is 1. The van der Waals surface area contributed by atoms with Gasteiger partial charge in [-0.3, -0.25) is 4.79 Å². The zero-order valence-electron chi connectivity index (χ0n) is 17.4. The third-order valence-corrected chi connectivity index (χ3v) is 6.58. The molecule has 2 aliphatic rings. The predicted molar refractivity (Wildman–Crippen MR) is 122 cm³/mol. The summed E-state index contributed by atoms with van der Waals surface area (Å²) in [4.78, 5) is 15.0. The molecule has 2 aromatic carbocycles. The lowest BCUT2D eigenvalue weighted by atomic mass is 9.79. The number of nitrogens with one attached hydrogen (secondary N) is 1. The summed E-state index contributed by atoms with van der Waals surface area (Å²) < 4.78 is 13.8. The molecule has 3 unspecified atom stereocenters. The standard InChI is InChI=1S/C24H28FN3OS/c1-14(2)24(29)27-18-7-9-22-20(12-18)19-11-16(23(26)30)6-8-21(19)28(22)13-15-4-3-5-17(25)10-15/h3-6,8,10-11,14,18,20,22H,7,9,12-13H2,1-2H3,(H2,26,30)(H,27,29). The van der Waals surface area contributed by atoms with Gasteiger partial charge in [-0.2, -0.15) is 0 Å². The Morgan fingerprint density at radius 3 is 2.77 bits per heavy atom. The number of amides is 1. The van der Waals surface area contributed by atoms with E-state index in [9.17, 15) is 9.18 Å². The number of nitrogens with zero attached hydrogens (tertiary/aromatic N) is 1. The highest BCUT2D eigenvalue weighted by atomic mass is 32.1. The Morgan fingerprint density at radius 1 is 1.27 bits per heavy atom. The molecule has 0 bridgehead atoms. The second kappa shape index (κ2) is 8.34. The Bertz CT molecular complexity index is 977. The average Bonchev–Trinajstić information content (AvgIpc) is 3.00. The van der Waals surface area contributed by atoms with E-state index in [1.165, 1.54) is 11.6 Å². The zero-order chi connectivity index (χ0) is 21.4. The quantitative estimate of drug-likeness (QED) is 0.703. The average molecular weight is 426 g/mol. The van der Waals surface area contributed by atoms with Crippen molar-refractivity contribution in [3.8, 4) is 0 Å². The Balaban J connectivity index is 1.65. The van der Waals surface area contributed by atoms with Gasteiger partial charge in [0.1, 0.15) is 10.8 Å². The molecule has 1 fully saturated rings. The van der Waals surface area contributed by atoms with Crippen LogP contribution in [-0.2, 0) is 11.3 Å². The van der Waals surface area contributed by atoms with Crippen LogP contribution in [0.4, 0.5) is 10.1 Å². The molecular weight excluding hydrogens is 397 g/mol. The summed E-state index contributed by atoms with van der Waals surface area (Å²) in [6.07, 6.45) is 2.80. The molecule has 1 heterocycles. The van der Waals surface area contributed by atoms with E-state index in [-0.39, 0.29) is 29.6 Å². The van der Waals surface area contributed by atoms with Crippen LogP contribution in [0.2, 0.25) is 0 Å². The molecule has 0 spiro atoms. The van der Waals surface area contributed by atoms with E-state index in [2.05, 4.69) is 22.3 Å². The normalized spacial score (nSPS) is 22.5. The van der Waals surface area contributed by atoms with E-state index in [1.54, 1.807) is 12.1 Å². The smallest absolute Gasteiger partial charge is 0.222 e. The number of benzene rings is 2. The molecule has 3 atom stereocenters. The number of hydrogen-bond donors (Lipinski definition) is 2. The number of fused-ring (bicyclic) bond motifs is 3. The van der Waals surface area contributed by atoms with Gasteiger partial charge in [-0.1, -0.05) is 38.2 Å². The van der Waals surface area contributed by atoms with Crippen LogP contribution in [0.3, 0.4) is 0 Å². The van der Waals surface area contributed by atoms with E-state index in [0.717, 1.165) is 36.1 Å². The lowest BCUT2D eigenvalue weighted by molar-refractivity contribution is -0.124. The van der Waals surface area contributed by atoms with Crippen LogP contribution in [0.25, 0.3) is 0 Å². The Labute approximate surface area is 182 Å². The highest BCUT2D eigenvalue weighted by Crippen LogP contribution is 2.48. The fourth-order valence-electron chi connectivity index (χ4n) is 4.84. The van der Waals surface area contributed by atoms with Gasteiger partial charge in [-0.15, -0.1) is 0 Å². The van der Waals surface area contributed by atoms with Gasteiger partial charge in [0.25, 0.3) is 0 Å². The molecule has 4 rings (SSSR count). The second-order valence-electron chi connectivity index (χ2n) is 8.74. The van der Waals surface area contributed by atoms with Gasteiger partial charge in [-0.25, -0.2) is 4.39 Å². The van der Waals surface area contributed by atoms with Crippen LogP contribution in [0.15, 0.2) is 42.5 Å². The molecule has 6 heteroatoms. The SMILES string of the molecule is CC(C)C(=O)NC1CCC2C(C1)c1cc(C(N)=S)ccc1N2Cc1cccc(F)c1. The fourth-order valence-corrected chi connectivity index (χ4v) is 4.97. The monoisotopic (exact) mass is 425 g/mol. The molecule has 0 aromatic heterocycles. The van der Waals surface area contributed by atoms with Crippen molar-refractivity contribution in [3.05, 3.63) is 65.0 Å². The van der Waals surface area contributed by atoms with Crippen molar-refractivity contribution in [1.29, 1.82) is 0 Å². The van der Waals surface area contributed by atoms with Gasteiger partial charge in [0, 0.05) is 41.7 Å². The molecule has 158 valence electrons. The number of halogens is 1. The highest BCUT2D eigenvalue weighted by Gasteiger charge is 2.42. The highest BCUT2D eigenvalue weighted by molar-refractivity contribution is 7.80. The molecular formula is C24H28FN3OS. The van der Waals surface area contributed by atoms with E-state index >= 15 is 0 Å². The largest absolute Gasteiger partial charge is 0.389 e. The van der Waals surface area contributed by atoms with Crippen molar-refractivity contribution in [2.45, 2.75) is 57.7 Å². The third-order valence-electron chi connectivity index (χ3n) is 6.35. The Hall–Kier alpha value is -2.47. The van der Waals surface area contributed by atoms with Gasteiger partial charge >= 0.3 is 0 Å². The van der Waals surface area contributed by atoms with E-state index in [4.69, 9.17) is 18.0 Å². The predicted octanol–water partition coefficient (Wildman–Crippen LogP) is 4.26. The topological polar surface area (TPSA) is 58.4 Å². The molecule has 1 aliphatic heterocycles. The van der Waals surface area contributed by atoms with E-state index in [1.807, 2.05) is 26.0 Å². The number of thiocarbonyl (C=S) groups is 1. The van der Waals surface area contributed by atoms with E-state index < -0.39 is 0 Å². The Kier molecular flexibility index (Phi) is 5.78. The minimum atomic E-state index is -0.215. The summed E-state index contributed by atoms with van der Waals surface area (Å²) >= 11 is 5.20. The Morgan fingerprint density at radius 2 is 2.07 bits per heavy atom. The third kappa shape index (κ3) is 4.06. The van der Waals surface area contributed by atoms with Gasteiger partial charge in [0.2, 0.25) is 5.91 Å². The summed E-state index contributed by atoms with van der Waals surface area (Å²) in [7, 11) is 0. The van der Waals surface area contributed by atoms with Crippen LogP contribution >= 0.6 is 12.2 Å². The van der Waals surface area contributed by atoms with E-state index in [0.29, 0.717) is 17.6 Å². The molecule has 0 saturated heterocycles. The molecule has 4 nitrogen and oxygen atoms in total. The van der Waals surface area contributed by atoms with Crippen LogP contribution < -0.4 is 16.0 Å². The summed E-state index contributed by atoms with van der Waals surface area (Å²) in [6, 6.07) is 13.4. The van der Waals surface area contributed by atoms with Crippen LogP contribution in [0.5, 0.6) is 0 Å². The number of nitrogens with two attached hydrogens (primary N) is 1. The van der Waals surface area contributed by atoms with Crippen molar-refractivity contribution < 1.29 is 9.18 Å². The fraction of sp³-hybridized carbons (Fsp3) is 0.417. The summed E-state index contributed by atoms with van der Waals surface area (Å²) in [5, 5.41) is 3.21. The van der Waals surface area contributed by atoms with Crippen molar-refractivity contribution in [2.24, 2.45) is 11.7 Å². The molecule has 1 amide bonds. The number of carbonyl (C=O) groups excluding carboxylic acids is 1. The lowest BCUT2D eigenvalue weighted by Crippen LogP contribution is -2.45. The van der Waals surface area contributed by atoms with Crippen molar-refractivity contribution in [1.82, 2.24) is 5.32 Å². The first-order chi connectivity index (χ1) is 14.3. The molecule has 2 aromatic rings. The zero-order valence-corrected chi connectivity index (χ0v) is 18.2. The molecule has 0 radical (unpaired) electrons. The van der Waals surface area contributed by atoms with Gasteiger partial charge in [-0.05, 0) is 60.7 Å². The summed E-state index contributed by atoms with van der Waals surface area (Å²) in [5.41, 5.74) is 10.1. The van der Waals surface area contributed by atoms with Crippen molar-refractivity contribution in [2.75, 3.05) is 4.90 Å². The summed E-state index contributed by atoms with van der Waals surface area (Å²) in [6.45, 7) is 4.49. The first-order valence-corrected chi connectivity index (χ1v) is 11.0. The maximum absolute atomic E-state index is 13.8. The number of hydrogen-bond acceptors (Lipinski definition) is 3. The number of rotatable bonds is 5. The van der Waals surface area contributed by atoms with Gasteiger partial charge < -0.3 is 16.0 Å². The maximum Gasteiger partial charge on any atom is 0.222 e. The molecule has 1 aliphatic carbocycles. The molecule has 3 N–H and O–H groups in total. The van der Waals surface area contributed by atoms with Crippen LogP contribution in [-0.4, -0.2) is 23.0 Å². The van der Waals surface area contributed by atoms with Crippen molar-refractivity contribution in [3.63, 3.8) is 0 Å². The minimum absolute atomic E-state index is 0.0238. The summed E-state index contributed by atoms with van der Waals surface area (Å²) in [5.74, 6) is 0.149. The first kappa shape index (κ1) is 20.8. The maximum atomic E-state index is 13.8. The first-order valence-electron chi connectivity index (χ1n) is 10.6. The van der Waals surface area contributed by atoms with Crippen LogP contribution in [0.1, 0.15) is 55.7 Å². The minimum Gasteiger partial charge on any atom is -0.389 e.